The van der Waals surface area contributed by atoms with Gasteiger partial charge in [-0.3, -0.25) is 10.1 Å². The molecule has 0 unspecified atom stereocenters. The lowest BCUT2D eigenvalue weighted by atomic mass is 10.2. The molecule has 0 heterocycles. The molecular weight excluding hydrogens is 273 g/mol. The molecule has 64 valence electrons. The molecule has 0 bridgehead atoms. The molecule has 0 aliphatic rings. The Morgan fingerprint density at radius 2 is 2.08 bits per heavy atom. The molecule has 0 aromatic heterocycles. The van der Waals surface area contributed by atoms with Crippen LogP contribution < -0.4 is 0 Å². The van der Waals surface area contributed by atoms with Gasteiger partial charge in [0.05, 0.1) is 10.5 Å². The number of nitro groups is 1. The molecule has 1 N–H and O–H groups in total. The van der Waals surface area contributed by atoms with Crippen LogP contribution in [0.5, 0.6) is 0 Å². The minimum atomic E-state index is -0.829. The van der Waals surface area contributed by atoms with Gasteiger partial charge in [0.2, 0.25) is 0 Å². The predicted octanol–water partition coefficient (Wildman–Crippen LogP) is 2.02. The average molecular weight is 279 g/mol. The Hall–Kier alpha value is -0.690. The van der Waals surface area contributed by atoms with Gasteiger partial charge in [-0.25, -0.2) is 0 Å². The van der Waals surface area contributed by atoms with Crippen LogP contribution in [0.3, 0.4) is 0 Å². The van der Waals surface area contributed by atoms with Crippen molar-refractivity contribution in [3.63, 3.8) is 0 Å². The van der Waals surface area contributed by atoms with E-state index in [9.17, 15) is 10.1 Å². The lowest BCUT2D eigenvalue weighted by Gasteiger charge is -2.02. The van der Waals surface area contributed by atoms with Gasteiger partial charge >= 0.3 is 0 Å². The summed E-state index contributed by atoms with van der Waals surface area (Å²) in [6.07, 6.45) is 0. The summed E-state index contributed by atoms with van der Waals surface area (Å²) in [5.74, 6) is 0. The lowest BCUT2D eigenvalue weighted by Crippen LogP contribution is -1.96. The van der Waals surface area contributed by atoms with Crippen molar-refractivity contribution < 1.29 is 10.0 Å². The predicted molar refractivity (Wildman–Crippen MR) is 52.1 cm³/mol. The van der Waals surface area contributed by atoms with E-state index in [0.717, 1.165) is 0 Å². The maximum absolute atomic E-state index is 10.4. The molecule has 0 saturated carbocycles. The largest absolute Gasteiger partial charge is 0.378 e. The first kappa shape index (κ1) is 9.40. The molecule has 5 heteroatoms. The Labute approximate surface area is 82.5 Å². The molecule has 0 aliphatic carbocycles. The zero-order valence-electron chi connectivity index (χ0n) is 5.98. The summed E-state index contributed by atoms with van der Waals surface area (Å²) in [6, 6.07) is 6.14. The summed E-state index contributed by atoms with van der Waals surface area (Å²) in [7, 11) is 0. The van der Waals surface area contributed by atoms with E-state index in [1.165, 1.54) is 12.1 Å². The van der Waals surface area contributed by atoms with E-state index < -0.39 is 9.03 Å². The summed E-state index contributed by atoms with van der Waals surface area (Å²) in [4.78, 5) is 9.91. The third-order valence-corrected chi connectivity index (χ3v) is 2.06. The van der Waals surface area contributed by atoms with E-state index in [-0.39, 0.29) is 5.69 Å². The maximum atomic E-state index is 10.4. The Morgan fingerprint density at radius 3 is 2.50 bits per heavy atom. The van der Waals surface area contributed by atoms with E-state index >= 15 is 0 Å². The molecule has 1 rings (SSSR count). The number of aliphatic hydroxyl groups is 1. The molecule has 1 aromatic rings. The van der Waals surface area contributed by atoms with Crippen LogP contribution in [0.25, 0.3) is 0 Å². The van der Waals surface area contributed by atoms with Crippen molar-refractivity contribution in [1.82, 2.24) is 0 Å². The van der Waals surface area contributed by atoms with Crippen molar-refractivity contribution in [1.29, 1.82) is 0 Å². The molecule has 0 aliphatic heterocycles. The van der Waals surface area contributed by atoms with Gasteiger partial charge < -0.3 is 5.11 Å². The first-order valence-corrected chi connectivity index (χ1v) is 4.43. The van der Waals surface area contributed by atoms with Gasteiger partial charge in [0.25, 0.3) is 5.69 Å². The number of nitro benzene ring substituents is 1. The highest BCUT2D eigenvalue weighted by Gasteiger charge is 2.16. The second kappa shape index (κ2) is 3.81. The van der Waals surface area contributed by atoms with Crippen molar-refractivity contribution >= 4 is 28.3 Å². The van der Waals surface area contributed by atoms with Crippen LogP contribution in [0, 0.1) is 10.1 Å². The van der Waals surface area contributed by atoms with Crippen LogP contribution in [-0.4, -0.2) is 10.0 Å². The Balaban J connectivity index is 3.17. The number of para-hydroxylation sites is 1. The number of hydrogen-bond donors (Lipinski definition) is 1. The first-order valence-electron chi connectivity index (χ1n) is 3.18. The molecular formula is C7H6INO3. The number of rotatable bonds is 2. The molecule has 0 spiro atoms. The second-order valence-electron chi connectivity index (χ2n) is 2.15. The van der Waals surface area contributed by atoms with Gasteiger partial charge in [0, 0.05) is 6.07 Å². The smallest absolute Gasteiger partial charge is 0.276 e. The van der Waals surface area contributed by atoms with E-state index in [1.807, 2.05) is 0 Å². The minimum absolute atomic E-state index is 0.0422. The van der Waals surface area contributed by atoms with E-state index in [2.05, 4.69) is 0 Å². The second-order valence-corrected chi connectivity index (χ2v) is 3.33. The van der Waals surface area contributed by atoms with Gasteiger partial charge in [-0.1, -0.05) is 12.1 Å². The van der Waals surface area contributed by atoms with Crippen LogP contribution in [0.2, 0.25) is 0 Å². The number of hydrogen-bond acceptors (Lipinski definition) is 3. The first-order chi connectivity index (χ1) is 5.63. The average Bonchev–Trinajstić information content (AvgIpc) is 2.04. The molecule has 0 saturated heterocycles. The Bertz CT molecular complexity index is 300. The molecule has 1 atom stereocenters. The SMILES string of the molecule is O=[N+]([O-])c1ccccc1[C@@H](O)I. The van der Waals surface area contributed by atoms with Crippen molar-refractivity contribution in [2.24, 2.45) is 0 Å². The van der Waals surface area contributed by atoms with Crippen molar-refractivity contribution in [3.8, 4) is 0 Å². The fraction of sp³-hybridized carbons (Fsp3) is 0.143. The van der Waals surface area contributed by atoms with Gasteiger partial charge in [-0.05, 0) is 28.7 Å². The Kier molecular flexibility index (Phi) is 2.99. The summed E-state index contributed by atoms with van der Waals surface area (Å²) < 4.78 is -0.829. The summed E-state index contributed by atoms with van der Waals surface area (Å²) in [5, 5.41) is 19.6. The fourth-order valence-corrected chi connectivity index (χ4v) is 1.38. The lowest BCUT2D eigenvalue weighted by molar-refractivity contribution is -0.385. The van der Waals surface area contributed by atoms with E-state index in [0.29, 0.717) is 5.56 Å². The number of alkyl halides is 1. The molecule has 0 fully saturated rings. The van der Waals surface area contributed by atoms with Crippen molar-refractivity contribution in [2.75, 3.05) is 0 Å². The molecule has 4 nitrogen and oxygen atoms in total. The van der Waals surface area contributed by atoms with Crippen LogP contribution in [0.15, 0.2) is 24.3 Å². The molecule has 0 amide bonds. The zero-order valence-corrected chi connectivity index (χ0v) is 8.13. The van der Waals surface area contributed by atoms with Crippen molar-refractivity contribution in [3.05, 3.63) is 39.9 Å². The van der Waals surface area contributed by atoms with Crippen LogP contribution in [-0.2, 0) is 0 Å². The third kappa shape index (κ3) is 1.92. The number of nitrogens with zero attached hydrogens (tertiary/aromatic N) is 1. The monoisotopic (exact) mass is 279 g/mol. The maximum Gasteiger partial charge on any atom is 0.276 e. The standard InChI is InChI=1S/C7H6INO3/c8-7(10)5-3-1-2-4-6(5)9(11)12/h1-4,7,10H/t7-/m1/s1. The molecule has 12 heavy (non-hydrogen) atoms. The highest BCUT2D eigenvalue weighted by atomic mass is 127. The molecule has 0 radical (unpaired) electrons. The zero-order chi connectivity index (χ0) is 9.14. The molecule has 1 aromatic carbocycles. The van der Waals surface area contributed by atoms with Gasteiger partial charge in [-0.15, -0.1) is 0 Å². The van der Waals surface area contributed by atoms with Crippen LogP contribution >= 0.6 is 22.6 Å². The van der Waals surface area contributed by atoms with E-state index in [1.54, 1.807) is 34.7 Å². The third-order valence-electron chi connectivity index (χ3n) is 1.39. The quantitative estimate of drug-likeness (QED) is 0.390. The highest BCUT2D eigenvalue weighted by Crippen LogP contribution is 2.28. The van der Waals surface area contributed by atoms with Crippen molar-refractivity contribution in [2.45, 2.75) is 4.11 Å². The van der Waals surface area contributed by atoms with E-state index in [4.69, 9.17) is 5.11 Å². The summed E-state index contributed by atoms with van der Waals surface area (Å²) in [5.41, 5.74) is 0.294. The van der Waals surface area contributed by atoms with Gasteiger partial charge in [-0.2, -0.15) is 0 Å². The van der Waals surface area contributed by atoms with Gasteiger partial charge in [0.15, 0.2) is 0 Å². The minimum Gasteiger partial charge on any atom is -0.378 e. The van der Waals surface area contributed by atoms with Crippen LogP contribution in [0.1, 0.15) is 9.67 Å². The Morgan fingerprint density at radius 1 is 1.50 bits per heavy atom. The topological polar surface area (TPSA) is 63.4 Å². The highest BCUT2D eigenvalue weighted by molar-refractivity contribution is 14.1. The normalized spacial score (nSPS) is 12.5. The summed E-state index contributed by atoms with van der Waals surface area (Å²) in [6.45, 7) is 0. The summed E-state index contributed by atoms with van der Waals surface area (Å²) >= 11 is 1.72. The number of aliphatic hydroxyl groups excluding tert-OH is 1. The number of halogens is 1. The van der Waals surface area contributed by atoms with Gasteiger partial charge in [0.1, 0.15) is 4.11 Å². The fourth-order valence-electron chi connectivity index (χ4n) is 0.855. The number of benzene rings is 1. The van der Waals surface area contributed by atoms with Crippen LogP contribution in [0.4, 0.5) is 5.69 Å².